The summed E-state index contributed by atoms with van der Waals surface area (Å²) in [6.45, 7) is 0.380. The Morgan fingerprint density at radius 1 is 1.47 bits per heavy atom. The molecule has 2 heterocycles. The molecule has 0 saturated heterocycles. The number of nitrogens with zero attached hydrogens (tertiary/aromatic N) is 2. The Morgan fingerprint density at radius 2 is 2.29 bits per heavy atom. The molecule has 17 heavy (non-hydrogen) atoms. The van der Waals surface area contributed by atoms with Gasteiger partial charge in [-0.15, -0.1) is 0 Å². The second-order valence-electron chi connectivity index (χ2n) is 3.24. The number of furan rings is 1. The maximum Gasteiger partial charge on any atom is 0.311 e. The Kier molecular flexibility index (Phi) is 3.24. The zero-order valence-electron chi connectivity index (χ0n) is 8.59. The molecule has 7 heteroatoms. The van der Waals surface area contributed by atoms with E-state index in [9.17, 15) is 10.1 Å². The SMILES string of the molecule is O=[N+]([O-])c1ccc(Cl)nc1NCc1ccoc1. The van der Waals surface area contributed by atoms with Crippen molar-refractivity contribution in [1.29, 1.82) is 0 Å². The van der Waals surface area contributed by atoms with Crippen LogP contribution in [0, 0.1) is 10.1 Å². The first kappa shape index (κ1) is 11.4. The van der Waals surface area contributed by atoms with Crippen LogP contribution in [0.5, 0.6) is 0 Å². The molecule has 2 rings (SSSR count). The van der Waals surface area contributed by atoms with Crippen LogP contribution in [0.1, 0.15) is 5.56 Å². The first-order valence-corrected chi connectivity index (χ1v) is 5.10. The van der Waals surface area contributed by atoms with Gasteiger partial charge in [-0.1, -0.05) is 11.6 Å². The van der Waals surface area contributed by atoms with E-state index in [0.717, 1.165) is 5.56 Å². The molecule has 0 amide bonds. The van der Waals surface area contributed by atoms with Crippen LogP contribution in [0.25, 0.3) is 0 Å². The quantitative estimate of drug-likeness (QED) is 0.515. The molecule has 0 saturated carbocycles. The van der Waals surface area contributed by atoms with Crippen LogP contribution < -0.4 is 5.32 Å². The summed E-state index contributed by atoms with van der Waals surface area (Å²) in [7, 11) is 0. The zero-order valence-corrected chi connectivity index (χ0v) is 9.35. The number of pyridine rings is 1. The second-order valence-corrected chi connectivity index (χ2v) is 3.63. The van der Waals surface area contributed by atoms with Gasteiger partial charge in [-0.05, 0) is 12.1 Å². The van der Waals surface area contributed by atoms with Gasteiger partial charge in [0.15, 0.2) is 0 Å². The molecule has 0 aliphatic heterocycles. The lowest BCUT2D eigenvalue weighted by molar-refractivity contribution is -0.384. The molecule has 0 aliphatic rings. The Bertz CT molecular complexity index is 528. The van der Waals surface area contributed by atoms with Crippen molar-refractivity contribution < 1.29 is 9.34 Å². The van der Waals surface area contributed by atoms with E-state index in [4.69, 9.17) is 16.0 Å². The summed E-state index contributed by atoms with van der Waals surface area (Å²) in [5, 5.41) is 13.8. The number of nitrogens with one attached hydrogen (secondary N) is 1. The highest BCUT2D eigenvalue weighted by Gasteiger charge is 2.15. The third-order valence-corrected chi connectivity index (χ3v) is 2.29. The van der Waals surface area contributed by atoms with Crippen molar-refractivity contribution in [1.82, 2.24) is 4.98 Å². The number of anilines is 1. The van der Waals surface area contributed by atoms with Gasteiger partial charge in [0.2, 0.25) is 5.82 Å². The molecule has 6 nitrogen and oxygen atoms in total. The Balaban J connectivity index is 2.19. The number of hydrogen-bond acceptors (Lipinski definition) is 5. The molecular formula is C10H8ClN3O3. The van der Waals surface area contributed by atoms with Gasteiger partial charge in [-0.3, -0.25) is 10.1 Å². The predicted octanol–water partition coefficient (Wildman–Crippen LogP) is 2.85. The average molecular weight is 254 g/mol. The minimum absolute atomic E-state index is 0.113. The Morgan fingerprint density at radius 3 is 2.94 bits per heavy atom. The third kappa shape index (κ3) is 2.73. The fourth-order valence-electron chi connectivity index (χ4n) is 1.28. The van der Waals surface area contributed by atoms with Gasteiger partial charge in [0.25, 0.3) is 0 Å². The lowest BCUT2D eigenvalue weighted by atomic mass is 10.3. The van der Waals surface area contributed by atoms with Gasteiger partial charge in [0, 0.05) is 18.2 Å². The average Bonchev–Trinajstić information content (AvgIpc) is 2.78. The maximum atomic E-state index is 10.8. The summed E-state index contributed by atoms with van der Waals surface area (Å²) in [6, 6.07) is 4.44. The van der Waals surface area contributed by atoms with Gasteiger partial charge in [-0.2, -0.15) is 0 Å². The summed E-state index contributed by atoms with van der Waals surface area (Å²) in [5.41, 5.74) is 0.749. The van der Waals surface area contributed by atoms with Crippen LogP contribution in [0.15, 0.2) is 35.1 Å². The first-order chi connectivity index (χ1) is 8.16. The highest BCUT2D eigenvalue weighted by molar-refractivity contribution is 6.29. The fourth-order valence-corrected chi connectivity index (χ4v) is 1.43. The summed E-state index contributed by atoms with van der Waals surface area (Å²) in [6.07, 6.45) is 3.07. The van der Waals surface area contributed by atoms with Crippen LogP contribution in [-0.2, 0) is 6.54 Å². The van der Waals surface area contributed by atoms with Crippen LogP contribution in [0.4, 0.5) is 11.5 Å². The second kappa shape index (κ2) is 4.84. The topological polar surface area (TPSA) is 81.2 Å². The van der Waals surface area contributed by atoms with E-state index < -0.39 is 4.92 Å². The van der Waals surface area contributed by atoms with E-state index in [1.165, 1.54) is 18.4 Å². The minimum Gasteiger partial charge on any atom is -0.472 e. The van der Waals surface area contributed by atoms with Crippen molar-refractivity contribution >= 4 is 23.1 Å². The van der Waals surface area contributed by atoms with Crippen LogP contribution in [0.2, 0.25) is 5.15 Å². The number of rotatable bonds is 4. The van der Waals surface area contributed by atoms with Crippen molar-refractivity contribution in [3.63, 3.8) is 0 Å². The normalized spacial score (nSPS) is 10.2. The smallest absolute Gasteiger partial charge is 0.311 e. The molecule has 0 bridgehead atoms. The molecule has 2 aromatic heterocycles. The fraction of sp³-hybridized carbons (Fsp3) is 0.100. The molecule has 0 fully saturated rings. The molecule has 0 aliphatic carbocycles. The van der Waals surface area contributed by atoms with Crippen molar-refractivity contribution in [2.24, 2.45) is 0 Å². The Hall–Kier alpha value is -2.08. The van der Waals surface area contributed by atoms with E-state index >= 15 is 0 Å². The van der Waals surface area contributed by atoms with E-state index in [1.54, 1.807) is 12.3 Å². The highest BCUT2D eigenvalue weighted by Crippen LogP contribution is 2.24. The third-order valence-electron chi connectivity index (χ3n) is 2.08. The van der Waals surface area contributed by atoms with E-state index in [2.05, 4.69) is 10.3 Å². The molecule has 2 aromatic rings. The number of nitro groups is 1. The van der Waals surface area contributed by atoms with Crippen molar-refractivity contribution in [2.75, 3.05) is 5.32 Å². The summed E-state index contributed by atoms with van der Waals surface area (Å²) >= 11 is 5.69. The molecule has 88 valence electrons. The van der Waals surface area contributed by atoms with E-state index in [-0.39, 0.29) is 16.7 Å². The largest absolute Gasteiger partial charge is 0.472 e. The van der Waals surface area contributed by atoms with E-state index in [1.807, 2.05) is 0 Å². The summed E-state index contributed by atoms with van der Waals surface area (Å²) in [4.78, 5) is 14.1. The minimum atomic E-state index is -0.513. The standard InChI is InChI=1S/C10H8ClN3O3/c11-9-2-1-8(14(15)16)10(13-9)12-5-7-3-4-17-6-7/h1-4,6H,5H2,(H,12,13). The van der Waals surface area contributed by atoms with Gasteiger partial charge in [0.1, 0.15) is 5.15 Å². The van der Waals surface area contributed by atoms with Gasteiger partial charge in [0.05, 0.1) is 17.4 Å². The molecule has 0 atom stereocenters. The lowest BCUT2D eigenvalue weighted by Crippen LogP contribution is -2.04. The van der Waals surface area contributed by atoms with Crippen molar-refractivity contribution in [2.45, 2.75) is 6.54 Å². The zero-order chi connectivity index (χ0) is 12.3. The molecule has 0 radical (unpaired) electrons. The van der Waals surface area contributed by atoms with Gasteiger partial charge < -0.3 is 9.73 Å². The van der Waals surface area contributed by atoms with Crippen molar-refractivity contribution in [3.05, 3.63) is 51.6 Å². The number of halogens is 1. The Labute approximate surface area is 101 Å². The monoisotopic (exact) mass is 253 g/mol. The van der Waals surface area contributed by atoms with Crippen LogP contribution in [-0.4, -0.2) is 9.91 Å². The number of hydrogen-bond donors (Lipinski definition) is 1. The highest BCUT2D eigenvalue weighted by atomic mass is 35.5. The number of aromatic nitrogens is 1. The molecule has 0 spiro atoms. The maximum absolute atomic E-state index is 10.8. The van der Waals surface area contributed by atoms with Crippen LogP contribution in [0.3, 0.4) is 0 Å². The molecule has 0 aromatic carbocycles. The molecule has 1 N–H and O–H groups in total. The van der Waals surface area contributed by atoms with Crippen LogP contribution >= 0.6 is 11.6 Å². The van der Waals surface area contributed by atoms with E-state index in [0.29, 0.717) is 6.54 Å². The molecular weight excluding hydrogens is 246 g/mol. The predicted molar refractivity (Wildman–Crippen MR) is 61.9 cm³/mol. The first-order valence-electron chi connectivity index (χ1n) is 4.72. The van der Waals surface area contributed by atoms with Gasteiger partial charge >= 0.3 is 5.69 Å². The van der Waals surface area contributed by atoms with Gasteiger partial charge in [-0.25, -0.2) is 4.98 Å². The van der Waals surface area contributed by atoms with Crippen molar-refractivity contribution in [3.8, 4) is 0 Å². The lowest BCUT2D eigenvalue weighted by Gasteiger charge is -2.04. The summed E-state index contributed by atoms with van der Waals surface area (Å²) in [5.74, 6) is 0.142. The summed E-state index contributed by atoms with van der Waals surface area (Å²) < 4.78 is 4.88. The molecule has 0 unspecified atom stereocenters.